The maximum atomic E-state index is 11.4. The average Bonchev–Trinajstić information content (AvgIpc) is 2.63. The Hall–Kier alpha value is -2.02. The first-order valence-electron chi connectivity index (χ1n) is 7.84. The molecule has 1 amide bonds. The molecule has 0 aliphatic carbocycles. The fraction of sp³-hybridized carbons (Fsp3) is 0.167. The van der Waals surface area contributed by atoms with E-state index in [1.807, 2.05) is 49.4 Å². The summed E-state index contributed by atoms with van der Waals surface area (Å²) in [4.78, 5) is 15.9. The van der Waals surface area contributed by atoms with Crippen LogP contribution in [0.5, 0.6) is 0 Å². The first-order valence-corrected chi connectivity index (χ1v) is 9.20. The van der Waals surface area contributed by atoms with E-state index in [9.17, 15) is 4.79 Å². The van der Waals surface area contributed by atoms with E-state index in [-0.39, 0.29) is 18.3 Å². The van der Waals surface area contributed by atoms with E-state index in [1.54, 1.807) is 17.8 Å². The largest absolute Gasteiger partial charge is 0.326 e. The number of rotatable bonds is 4. The average molecular weight is 409 g/mol. The number of hydrogen-bond acceptors (Lipinski definition) is 4. The van der Waals surface area contributed by atoms with Crippen LogP contribution < -0.4 is 10.7 Å². The van der Waals surface area contributed by atoms with Crippen molar-refractivity contribution in [1.82, 2.24) is 5.43 Å². The summed E-state index contributed by atoms with van der Waals surface area (Å²) in [5.41, 5.74) is 6.50. The predicted octanol–water partition coefficient (Wildman–Crippen LogP) is 4.84. The highest BCUT2D eigenvalue weighted by atomic mass is 35.5. The number of amides is 1. The molecule has 0 aromatic heterocycles. The summed E-state index contributed by atoms with van der Waals surface area (Å²) in [6.45, 7) is 1.83. The van der Waals surface area contributed by atoms with Gasteiger partial charge in [-0.15, -0.1) is 12.4 Å². The maximum Gasteiger partial charge on any atom is 0.224 e. The Morgan fingerprint density at radius 3 is 2.69 bits per heavy atom. The third-order valence-corrected chi connectivity index (χ3v) is 4.60. The van der Waals surface area contributed by atoms with Gasteiger partial charge in [-0.25, -0.2) is 4.99 Å². The molecule has 2 aromatic carbocycles. The number of amidine groups is 1. The van der Waals surface area contributed by atoms with E-state index in [4.69, 9.17) is 11.6 Å². The van der Waals surface area contributed by atoms with Gasteiger partial charge >= 0.3 is 0 Å². The highest BCUT2D eigenvalue weighted by Crippen LogP contribution is 2.21. The molecule has 5 nitrogen and oxygen atoms in total. The van der Waals surface area contributed by atoms with Crippen LogP contribution in [0.4, 0.5) is 11.4 Å². The zero-order chi connectivity index (χ0) is 17.6. The molecule has 2 N–H and O–H groups in total. The van der Waals surface area contributed by atoms with Crippen molar-refractivity contribution in [3.05, 3.63) is 59.1 Å². The highest BCUT2D eigenvalue weighted by Gasteiger charge is 2.13. The zero-order valence-electron chi connectivity index (χ0n) is 14.0. The van der Waals surface area contributed by atoms with Crippen molar-refractivity contribution >= 4 is 63.9 Å². The quantitative estimate of drug-likeness (QED) is 0.760. The smallest absolute Gasteiger partial charge is 0.224 e. The molecule has 0 radical (unpaired) electrons. The Morgan fingerprint density at radius 1 is 1.31 bits per heavy atom. The van der Waals surface area contributed by atoms with Gasteiger partial charge in [0.15, 0.2) is 5.17 Å². The minimum absolute atomic E-state index is 0. The lowest BCUT2D eigenvalue weighted by molar-refractivity contribution is -0.115. The molecule has 0 atom stereocenters. The number of thioether (sulfide) groups is 1. The van der Waals surface area contributed by atoms with E-state index >= 15 is 0 Å². The van der Waals surface area contributed by atoms with Crippen LogP contribution in [-0.4, -0.2) is 22.5 Å². The van der Waals surface area contributed by atoms with E-state index < -0.39 is 0 Å². The van der Waals surface area contributed by atoms with Crippen LogP contribution in [0.1, 0.15) is 18.9 Å². The second-order valence-electron chi connectivity index (χ2n) is 5.33. The normalized spacial score (nSPS) is 14.8. The van der Waals surface area contributed by atoms with Gasteiger partial charge in [-0.2, -0.15) is 5.10 Å². The summed E-state index contributed by atoms with van der Waals surface area (Å²) in [6, 6.07) is 15.0. The lowest BCUT2D eigenvalue weighted by Gasteiger charge is -2.15. The van der Waals surface area contributed by atoms with Crippen LogP contribution in [0.25, 0.3) is 0 Å². The van der Waals surface area contributed by atoms with Crippen LogP contribution in [0.15, 0.2) is 58.6 Å². The number of benzene rings is 2. The molecule has 0 saturated carbocycles. The monoisotopic (exact) mass is 408 g/mol. The SMILES string of the molecule is CCC(=O)Nc1ccc(C2=NNC(=Nc3cccc(Cl)c3)SC2)cc1.Cl. The minimum Gasteiger partial charge on any atom is -0.326 e. The van der Waals surface area contributed by atoms with E-state index in [0.717, 1.165) is 27.8 Å². The number of aliphatic imine (C=N–C) groups is 1. The fourth-order valence-electron chi connectivity index (χ4n) is 2.18. The third kappa shape index (κ3) is 5.49. The van der Waals surface area contributed by atoms with Crippen LogP contribution in [0, 0.1) is 0 Å². The van der Waals surface area contributed by atoms with Crippen LogP contribution in [0.2, 0.25) is 5.02 Å². The molecule has 2 aromatic rings. The number of halogens is 2. The topological polar surface area (TPSA) is 65.8 Å². The Balaban J connectivity index is 0.00000243. The molecule has 136 valence electrons. The van der Waals surface area contributed by atoms with Gasteiger partial charge in [-0.1, -0.05) is 48.5 Å². The molecule has 8 heteroatoms. The number of hydrazone groups is 1. The molecule has 1 heterocycles. The number of carbonyl (C=O) groups excluding carboxylic acids is 1. The van der Waals surface area contributed by atoms with Gasteiger partial charge in [0.1, 0.15) is 0 Å². The number of nitrogens with one attached hydrogen (secondary N) is 2. The molecule has 3 rings (SSSR count). The Morgan fingerprint density at radius 2 is 2.08 bits per heavy atom. The van der Waals surface area contributed by atoms with Crippen LogP contribution in [0.3, 0.4) is 0 Å². The summed E-state index contributed by atoms with van der Waals surface area (Å²) in [6.07, 6.45) is 0.462. The lowest BCUT2D eigenvalue weighted by atomic mass is 10.1. The molecule has 0 fully saturated rings. The Kier molecular flexibility index (Phi) is 7.50. The maximum absolute atomic E-state index is 11.4. The predicted molar refractivity (Wildman–Crippen MR) is 113 cm³/mol. The Bertz CT molecular complexity index is 837. The van der Waals surface area contributed by atoms with Gasteiger partial charge in [0, 0.05) is 22.9 Å². The molecule has 26 heavy (non-hydrogen) atoms. The van der Waals surface area contributed by atoms with Crippen molar-refractivity contribution in [1.29, 1.82) is 0 Å². The molecule has 1 aliphatic heterocycles. The van der Waals surface area contributed by atoms with E-state index in [2.05, 4.69) is 20.8 Å². The highest BCUT2D eigenvalue weighted by molar-refractivity contribution is 8.14. The van der Waals surface area contributed by atoms with Gasteiger partial charge in [-0.3, -0.25) is 10.2 Å². The Labute approximate surface area is 167 Å². The lowest BCUT2D eigenvalue weighted by Crippen LogP contribution is -2.25. The van der Waals surface area contributed by atoms with Crippen molar-refractivity contribution in [2.75, 3.05) is 11.1 Å². The van der Waals surface area contributed by atoms with Gasteiger partial charge in [0.05, 0.1) is 11.4 Å². The summed E-state index contributed by atoms with van der Waals surface area (Å²) in [7, 11) is 0. The molecular formula is C18H18Cl2N4OS. The molecule has 0 unspecified atom stereocenters. The zero-order valence-corrected chi connectivity index (χ0v) is 16.4. The molecular weight excluding hydrogens is 391 g/mol. The van der Waals surface area contributed by atoms with Crippen molar-refractivity contribution in [3.8, 4) is 0 Å². The molecule has 0 saturated heterocycles. The van der Waals surface area contributed by atoms with Crippen molar-refractivity contribution in [3.63, 3.8) is 0 Å². The first-order chi connectivity index (χ1) is 12.1. The number of nitrogens with zero attached hydrogens (tertiary/aromatic N) is 2. The van der Waals surface area contributed by atoms with Gasteiger partial charge in [0.2, 0.25) is 5.91 Å². The minimum atomic E-state index is 0. The van der Waals surface area contributed by atoms with Crippen molar-refractivity contribution in [2.24, 2.45) is 10.1 Å². The van der Waals surface area contributed by atoms with Gasteiger partial charge in [0.25, 0.3) is 0 Å². The first kappa shape index (κ1) is 20.3. The van der Waals surface area contributed by atoms with Crippen molar-refractivity contribution in [2.45, 2.75) is 13.3 Å². The summed E-state index contributed by atoms with van der Waals surface area (Å²) in [5.74, 6) is 0.717. The number of hydrogen-bond donors (Lipinski definition) is 2. The summed E-state index contributed by atoms with van der Waals surface area (Å²) in [5, 5.41) is 8.62. The number of anilines is 1. The van der Waals surface area contributed by atoms with Crippen molar-refractivity contribution < 1.29 is 4.79 Å². The van der Waals surface area contributed by atoms with Crippen LogP contribution >= 0.6 is 35.8 Å². The number of carbonyl (C=O) groups is 1. The third-order valence-electron chi connectivity index (χ3n) is 3.49. The molecule has 0 spiro atoms. The fourth-order valence-corrected chi connectivity index (χ4v) is 3.15. The standard InChI is InChI=1S/C18H17ClN4OS.ClH/c1-2-17(24)20-14-8-6-12(7-9-14)16-11-25-18(23-22-16)21-15-5-3-4-13(19)10-15;/h3-10H,2,11H2,1H3,(H,20,24)(H,21,23);1H. The van der Waals surface area contributed by atoms with Gasteiger partial charge in [-0.05, 0) is 35.9 Å². The molecule has 1 aliphatic rings. The summed E-state index contributed by atoms with van der Waals surface area (Å²) >= 11 is 7.55. The second kappa shape index (κ2) is 9.62. The second-order valence-corrected chi connectivity index (χ2v) is 6.74. The van der Waals surface area contributed by atoms with Gasteiger partial charge < -0.3 is 5.32 Å². The van der Waals surface area contributed by atoms with E-state index in [1.165, 1.54) is 0 Å². The van der Waals surface area contributed by atoms with E-state index in [0.29, 0.717) is 17.2 Å². The summed E-state index contributed by atoms with van der Waals surface area (Å²) < 4.78 is 0. The molecule has 0 bridgehead atoms. The van der Waals surface area contributed by atoms with Crippen LogP contribution in [-0.2, 0) is 4.79 Å².